The largest absolute Gasteiger partial charge is 0.481 e. The fourth-order valence-electron chi connectivity index (χ4n) is 4.24. The Kier molecular flexibility index (Phi) is 6.72. The first kappa shape index (κ1) is 22.5. The van der Waals surface area contributed by atoms with Gasteiger partial charge in [-0.3, -0.25) is 9.59 Å². The van der Waals surface area contributed by atoms with Crippen LogP contribution >= 0.6 is 0 Å². The second-order valence-electron chi connectivity index (χ2n) is 8.22. The summed E-state index contributed by atoms with van der Waals surface area (Å²) >= 11 is 0. The van der Waals surface area contributed by atoms with Gasteiger partial charge in [0.05, 0.1) is 7.11 Å². The second-order valence-corrected chi connectivity index (χ2v) is 8.22. The molecule has 0 saturated heterocycles. The molecule has 1 aliphatic heterocycles. The van der Waals surface area contributed by atoms with Crippen LogP contribution in [0.1, 0.15) is 46.1 Å². The Bertz CT molecular complexity index is 808. The summed E-state index contributed by atoms with van der Waals surface area (Å²) in [6, 6.07) is 8.66. The first-order chi connectivity index (χ1) is 13.6. The Labute approximate surface area is 171 Å². The summed E-state index contributed by atoms with van der Waals surface area (Å²) in [6.45, 7) is 7.25. The Morgan fingerprint density at radius 3 is 2.31 bits per heavy atom. The summed E-state index contributed by atoms with van der Waals surface area (Å²) in [5.74, 6) is -2.15. The minimum absolute atomic E-state index is 0.0270. The standard InChI is InChI=1S/C22H29NO6/c1-14-22(20(26)27,21(2,3)4)16(11-12-17(24)28-5)18(23-14)19(25)29-13-15-9-7-6-8-10-15/h6-10,14,23H,11-13H2,1-5H3,(H,26,27)/t14-,22-/m1/s1. The van der Waals surface area contributed by atoms with E-state index in [0.29, 0.717) is 5.57 Å². The Hall–Kier alpha value is -2.83. The SMILES string of the molecule is COC(=O)CCC1=C(C(=O)OCc2ccccc2)N[C@H](C)[C@@]1(C(=O)O)C(C)(C)C. The number of esters is 2. The molecule has 0 aliphatic carbocycles. The number of carbonyl (C=O) groups excluding carboxylic acids is 2. The highest BCUT2D eigenvalue weighted by Gasteiger charge is 2.60. The number of hydrogen-bond acceptors (Lipinski definition) is 6. The van der Waals surface area contributed by atoms with Crippen molar-refractivity contribution >= 4 is 17.9 Å². The zero-order valence-electron chi connectivity index (χ0n) is 17.6. The number of carboxylic acids is 1. The number of carbonyl (C=O) groups is 3. The predicted octanol–water partition coefficient (Wildman–Crippen LogP) is 3.05. The third-order valence-corrected chi connectivity index (χ3v) is 5.53. The summed E-state index contributed by atoms with van der Waals surface area (Å²) in [4.78, 5) is 37.1. The molecule has 2 N–H and O–H groups in total. The summed E-state index contributed by atoms with van der Waals surface area (Å²) in [7, 11) is 1.27. The number of rotatable bonds is 7. The monoisotopic (exact) mass is 403 g/mol. The molecule has 2 rings (SSSR count). The Balaban J connectivity index is 2.44. The van der Waals surface area contributed by atoms with Gasteiger partial charge in [-0.25, -0.2) is 4.79 Å². The summed E-state index contributed by atoms with van der Waals surface area (Å²) in [6.07, 6.45) is 0.0597. The van der Waals surface area contributed by atoms with Crippen molar-refractivity contribution < 1.29 is 29.0 Å². The van der Waals surface area contributed by atoms with Crippen molar-refractivity contribution in [1.29, 1.82) is 0 Å². The minimum Gasteiger partial charge on any atom is -0.481 e. The average Bonchev–Trinajstić information content (AvgIpc) is 2.98. The van der Waals surface area contributed by atoms with Crippen LogP contribution in [0.2, 0.25) is 0 Å². The van der Waals surface area contributed by atoms with Gasteiger partial charge in [-0.15, -0.1) is 0 Å². The molecule has 7 nitrogen and oxygen atoms in total. The van der Waals surface area contributed by atoms with Crippen LogP contribution in [0.5, 0.6) is 0 Å². The maximum absolute atomic E-state index is 12.9. The average molecular weight is 403 g/mol. The van der Waals surface area contributed by atoms with Gasteiger partial charge in [0.1, 0.15) is 17.7 Å². The van der Waals surface area contributed by atoms with Crippen LogP contribution < -0.4 is 5.32 Å². The Morgan fingerprint density at radius 1 is 1.17 bits per heavy atom. The number of aliphatic carboxylic acids is 1. The van der Waals surface area contributed by atoms with Crippen molar-refractivity contribution in [1.82, 2.24) is 5.32 Å². The first-order valence-corrected chi connectivity index (χ1v) is 9.57. The molecule has 0 radical (unpaired) electrons. The quantitative estimate of drug-likeness (QED) is 0.675. The van der Waals surface area contributed by atoms with Crippen molar-refractivity contribution in [3.8, 4) is 0 Å². The van der Waals surface area contributed by atoms with Crippen LogP contribution in [0.3, 0.4) is 0 Å². The molecule has 1 aromatic rings. The molecule has 1 aromatic carbocycles. The van der Waals surface area contributed by atoms with E-state index in [0.717, 1.165) is 5.56 Å². The highest BCUT2D eigenvalue weighted by atomic mass is 16.5. The molecule has 0 amide bonds. The number of benzene rings is 1. The van der Waals surface area contributed by atoms with Crippen LogP contribution in [0.25, 0.3) is 0 Å². The topological polar surface area (TPSA) is 102 Å². The third-order valence-electron chi connectivity index (χ3n) is 5.53. The van der Waals surface area contributed by atoms with Crippen LogP contribution in [-0.4, -0.2) is 36.2 Å². The third kappa shape index (κ3) is 4.28. The van der Waals surface area contributed by atoms with Crippen molar-refractivity contribution in [3.05, 3.63) is 47.2 Å². The number of nitrogens with one attached hydrogen (secondary N) is 1. The normalized spacial score (nSPS) is 21.5. The van der Waals surface area contributed by atoms with Gasteiger partial charge in [0.25, 0.3) is 0 Å². The highest BCUT2D eigenvalue weighted by Crippen LogP contribution is 2.53. The van der Waals surface area contributed by atoms with Crippen LogP contribution in [0.4, 0.5) is 0 Å². The van der Waals surface area contributed by atoms with E-state index in [1.807, 2.05) is 51.1 Å². The minimum atomic E-state index is -1.37. The fraction of sp³-hybridized carbons (Fsp3) is 0.500. The maximum Gasteiger partial charge on any atom is 0.354 e. The molecule has 0 bridgehead atoms. The van der Waals surface area contributed by atoms with Gasteiger partial charge >= 0.3 is 17.9 Å². The van der Waals surface area contributed by atoms with Gasteiger partial charge in [0, 0.05) is 12.5 Å². The van der Waals surface area contributed by atoms with Gasteiger partial charge < -0.3 is 19.9 Å². The lowest BCUT2D eigenvalue weighted by molar-refractivity contribution is -0.154. The molecule has 0 saturated carbocycles. The Morgan fingerprint density at radius 2 is 1.79 bits per heavy atom. The summed E-state index contributed by atoms with van der Waals surface area (Å²) < 4.78 is 10.1. The lowest BCUT2D eigenvalue weighted by Gasteiger charge is -2.43. The summed E-state index contributed by atoms with van der Waals surface area (Å²) in [5, 5.41) is 13.3. The second kappa shape index (κ2) is 8.68. The molecular weight excluding hydrogens is 374 g/mol. The van der Waals surface area contributed by atoms with E-state index in [2.05, 4.69) is 5.32 Å². The van der Waals surface area contributed by atoms with Crippen molar-refractivity contribution in [2.45, 2.75) is 53.2 Å². The molecule has 0 spiro atoms. The zero-order chi connectivity index (χ0) is 21.8. The van der Waals surface area contributed by atoms with E-state index in [-0.39, 0.29) is 25.1 Å². The number of methoxy groups -OCH3 is 1. The molecule has 7 heteroatoms. The molecule has 2 atom stereocenters. The van der Waals surface area contributed by atoms with Crippen molar-refractivity contribution in [2.24, 2.45) is 10.8 Å². The van der Waals surface area contributed by atoms with E-state index in [1.165, 1.54) is 7.11 Å². The van der Waals surface area contributed by atoms with Gasteiger partial charge in [-0.1, -0.05) is 51.1 Å². The van der Waals surface area contributed by atoms with E-state index in [1.54, 1.807) is 6.92 Å². The predicted molar refractivity (Wildman–Crippen MR) is 107 cm³/mol. The van der Waals surface area contributed by atoms with Crippen molar-refractivity contribution in [3.63, 3.8) is 0 Å². The van der Waals surface area contributed by atoms with Gasteiger partial charge in [0.15, 0.2) is 0 Å². The van der Waals surface area contributed by atoms with Gasteiger partial charge in [-0.2, -0.15) is 0 Å². The smallest absolute Gasteiger partial charge is 0.354 e. The molecule has 0 aromatic heterocycles. The molecule has 29 heavy (non-hydrogen) atoms. The lowest BCUT2D eigenvalue weighted by Crippen LogP contribution is -2.52. The van der Waals surface area contributed by atoms with E-state index in [4.69, 9.17) is 9.47 Å². The van der Waals surface area contributed by atoms with Crippen LogP contribution in [0, 0.1) is 10.8 Å². The lowest BCUT2D eigenvalue weighted by atomic mass is 9.59. The molecule has 158 valence electrons. The van der Waals surface area contributed by atoms with Gasteiger partial charge in [-0.05, 0) is 29.9 Å². The summed E-state index contributed by atoms with van der Waals surface area (Å²) in [5.41, 5.74) is -0.785. The molecule has 1 heterocycles. The number of hydrogen-bond donors (Lipinski definition) is 2. The molecule has 1 aliphatic rings. The molecule has 0 unspecified atom stereocenters. The van der Waals surface area contributed by atoms with E-state index >= 15 is 0 Å². The van der Waals surface area contributed by atoms with E-state index < -0.39 is 34.8 Å². The van der Waals surface area contributed by atoms with E-state index in [9.17, 15) is 19.5 Å². The van der Waals surface area contributed by atoms with Crippen molar-refractivity contribution in [2.75, 3.05) is 7.11 Å². The molecule has 0 fully saturated rings. The maximum atomic E-state index is 12.9. The first-order valence-electron chi connectivity index (χ1n) is 9.57. The van der Waals surface area contributed by atoms with Crippen LogP contribution in [0.15, 0.2) is 41.6 Å². The highest BCUT2D eigenvalue weighted by molar-refractivity contribution is 5.94. The number of ether oxygens (including phenoxy) is 2. The zero-order valence-corrected chi connectivity index (χ0v) is 17.6. The van der Waals surface area contributed by atoms with Crippen LogP contribution in [-0.2, 0) is 30.5 Å². The molecular formula is C22H29NO6. The van der Waals surface area contributed by atoms with Gasteiger partial charge in [0.2, 0.25) is 0 Å². The number of carboxylic acid groups (broad SMARTS) is 1. The fourth-order valence-corrected chi connectivity index (χ4v) is 4.24.